The number of nitrogens with zero attached hydrogens (tertiary/aromatic N) is 3. The number of carbonyl (C=O) groups excluding carboxylic acids is 1. The van der Waals surface area contributed by atoms with Crippen LogP contribution in [0, 0.1) is 17.7 Å². The molecule has 8 heteroatoms. The van der Waals surface area contributed by atoms with Crippen molar-refractivity contribution < 1.29 is 9.18 Å². The molecule has 0 bridgehead atoms. The Labute approximate surface area is 152 Å². The second kappa shape index (κ2) is 7.51. The molecule has 4 rings (SSSR count). The van der Waals surface area contributed by atoms with Gasteiger partial charge in [0, 0.05) is 31.9 Å². The molecule has 0 unspecified atom stereocenters. The summed E-state index contributed by atoms with van der Waals surface area (Å²) in [6, 6.07) is 6.07. The van der Waals surface area contributed by atoms with Crippen molar-refractivity contribution in [3.63, 3.8) is 0 Å². The lowest BCUT2D eigenvalue weighted by Crippen LogP contribution is -2.33. The minimum atomic E-state index is -0.295. The summed E-state index contributed by atoms with van der Waals surface area (Å²) in [6.45, 7) is 3.58. The molecule has 2 aromatic rings. The van der Waals surface area contributed by atoms with Crippen LogP contribution in [0.5, 0.6) is 0 Å². The lowest BCUT2D eigenvalue weighted by atomic mass is 10.0. The van der Waals surface area contributed by atoms with Crippen LogP contribution in [0.3, 0.4) is 0 Å². The molecule has 2 atom stereocenters. The number of halogens is 3. The molecule has 24 heavy (non-hydrogen) atoms. The van der Waals surface area contributed by atoms with E-state index in [1.807, 2.05) is 4.90 Å². The maximum absolute atomic E-state index is 13.1. The third-order valence-electron chi connectivity index (χ3n) is 4.64. The van der Waals surface area contributed by atoms with Crippen LogP contribution in [-0.2, 0) is 0 Å². The van der Waals surface area contributed by atoms with E-state index in [1.54, 1.807) is 29.2 Å². The highest BCUT2D eigenvalue weighted by Crippen LogP contribution is 2.27. The van der Waals surface area contributed by atoms with Crippen molar-refractivity contribution in [3.8, 4) is 5.69 Å². The minimum absolute atomic E-state index is 0. The molecule has 1 amide bonds. The van der Waals surface area contributed by atoms with Gasteiger partial charge in [-0.05, 0) is 36.1 Å². The number of amides is 1. The predicted molar refractivity (Wildman–Crippen MR) is 93.8 cm³/mol. The third-order valence-corrected chi connectivity index (χ3v) is 4.64. The van der Waals surface area contributed by atoms with Crippen molar-refractivity contribution in [1.29, 1.82) is 0 Å². The van der Waals surface area contributed by atoms with E-state index >= 15 is 0 Å². The van der Waals surface area contributed by atoms with Gasteiger partial charge in [-0.15, -0.1) is 24.8 Å². The van der Waals surface area contributed by atoms with Gasteiger partial charge >= 0.3 is 0 Å². The second-order valence-electron chi connectivity index (χ2n) is 6.01. The van der Waals surface area contributed by atoms with E-state index in [1.165, 1.54) is 12.1 Å². The summed E-state index contributed by atoms with van der Waals surface area (Å²) in [5, 5.41) is 3.37. The molecule has 130 valence electrons. The second-order valence-corrected chi connectivity index (χ2v) is 6.01. The lowest BCUT2D eigenvalue weighted by Gasteiger charge is -2.18. The van der Waals surface area contributed by atoms with Crippen molar-refractivity contribution >= 4 is 30.7 Å². The molecule has 0 saturated carbocycles. The van der Waals surface area contributed by atoms with E-state index in [0.717, 1.165) is 31.9 Å². The minimum Gasteiger partial charge on any atom is -0.337 e. The molecular formula is C16H19Cl2FN4O. The van der Waals surface area contributed by atoms with Crippen molar-refractivity contribution in [1.82, 2.24) is 19.8 Å². The van der Waals surface area contributed by atoms with E-state index in [9.17, 15) is 9.18 Å². The van der Waals surface area contributed by atoms with Crippen LogP contribution in [-0.4, -0.2) is 46.5 Å². The fourth-order valence-corrected chi connectivity index (χ4v) is 3.44. The molecule has 1 aromatic heterocycles. The Balaban J connectivity index is 0.00000104. The van der Waals surface area contributed by atoms with Crippen molar-refractivity contribution in [2.75, 3.05) is 26.2 Å². The van der Waals surface area contributed by atoms with Crippen molar-refractivity contribution in [2.45, 2.75) is 0 Å². The normalized spacial score (nSPS) is 21.8. The van der Waals surface area contributed by atoms with E-state index in [-0.39, 0.29) is 36.5 Å². The fourth-order valence-electron chi connectivity index (χ4n) is 3.44. The van der Waals surface area contributed by atoms with Crippen LogP contribution in [0.25, 0.3) is 5.69 Å². The Kier molecular flexibility index (Phi) is 5.85. The molecule has 2 aliphatic heterocycles. The zero-order valence-electron chi connectivity index (χ0n) is 12.9. The fraction of sp³-hybridized carbons (Fsp3) is 0.375. The number of imidazole rings is 1. The third kappa shape index (κ3) is 3.27. The van der Waals surface area contributed by atoms with Crippen LogP contribution >= 0.6 is 24.8 Å². The van der Waals surface area contributed by atoms with Gasteiger partial charge in [0.2, 0.25) is 0 Å². The lowest BCUT2D eigenvalue weighted by molar-refractivity contribution is 0.0773. The quantitative estimate of drug-likeness (QED) is 0.878. The average molecular weight is 373 g/mol. The molecule has 2 fully saturated rings. The average Bonchev–Trinajstić information content (AvgIpc) is 3.22. The summed E-state index contributed by atoms with van der Waals surface area (Å²) in [5.41, 5.74) is 1.27. The van der Waals surface area contributed by atoms with E-state index in [2.05, 4.69) is 10.3 Å². The number of fused-ring (bicyclic) bond motifs is 1. The van der Waals surface area contributed by atoms with Crippen molar-refractivity contribution in [2.24, 2.45) is 11.8 Å². The molecule has 0 spiro atoms. The Morgan fingerprint density at radius 1 is 1.12 bits per heavy atom. The first-order valence-corrected chi connectivity index (χ1v) is 7.50. The molecule has 1 aromatic carbocycles. The number of hydrogen-bond donors (Lipinski definition) is 1. The summed E-state index contributed by atoms with van der Waals surface area (Å²) < 4.78 is 14.8. The van der Waals surface area contributed by atoms with E-state index in [0.29, 0.717) is 17.5 Å². The first-order valence-electron chi connectivity index (χ1n) is 7.50. The molecule has 5 nitrogen and oxygen atoms in total. The van der Waals surface area contributed by atoms with Gasteiger partial charge < -0.3 is 10.2 Å². The van der Waals surface area contributed by atoms with Gasteiger partial charge in [0.15, 0.2) is 0 Å². The highest BCUT2D eigenvalue weighted by atomic mass is 35.5. The van der Waals surface area contributed by atoms with Gasteiger partial charge in [0.1, 0.15) is 11.5 Å². The molecule has 3 heterocycles. The van der Waals surface area contributed by atoms with Crippen LogP contribution < -0.4 is 5.32 Å². The summed E-state index contributed by atoms with van der Waals surface area (Å²) in [4.78, 5) is 18.8. The zero-order valence-corrected chi connectivity index (χ0v) is 14.5. The topological polar surface area (TPSA) is 50.2 Å². The maximum Gasteiger partial charge on any atom is 0.272 e. The molecule has 1 N–H and O–H groups in total. The molecule has 2 saturated heterocycles. The van der Waals surface area contributed by atoms with E-state index < -0.39 is 0 Å². The number of likely N-dealkylation sites (tertiary alicyclic amines) is 1. The molecular weight excluding hydrogens is 354 g/mol. The number of aromatic nitrogens is 2. The number of carbonyl (C=O) groups is 1. The van der Waals surface area contributed by atoms with Gasteiger partial charge in [-0.3, -0.25) is 9.36 Å². The Bertz CT molecular complexity index is 694. The SMILES string of the molecule is Cl.Cl.O=C(c1cncn1-c1ccc(F)cc1)N1C[C@H]2CNC[C@H]2C1. The van der Waals surface area contributed by atoms with Crippen LogP contribution in [0.2, 0.25) is 0 Å². The van der Waals surface area contributed by atoms with Crippen LogP contribution in [0.1, 0.15) is 10.5 Å². The first kappa shape index (κ1) is 18.7. The summed E-state index contributed by atoms with van der Waals surface area (Å²) in [5.74, 6) is 0.824. The number of rotatable bonds is 2. The van der Waals surface area contributed by atoms with Crippen LogP contribution in [0.15, 0.2) is 36.8 Å². The summed E-state index contributed by atoms with van der Waals surface area (Å²) in [6.07, 6.45) is 3.18. The number of hydrogen-bond acceptors (Lipinski definition) is 3. The van der Waals surface area contributed by atoms with Crippen molar-refractivity contribution in [3.05, 3.63) is 48.3 Å². The summed E-state index contributed by atoms with van der Waals surface area (Å²) in [7, 11) is 0. The van der Waals surface area contributed by atoms with Gasteiger partial charge in [-0.1, -0.05) is 0 Å². The Morgan fingerprint density at radius 3 is 2.38 bits per heavy atom. The Hall–Kier alpha value is -1.63. The Morgan fingerprint density at radius 2 is 1.75 bits per heavy atom. The zero-order chi connectivity index (χ0) is 15.1. The smallest absolute Gasteiger partial charge is 0.272 e. The van der Waals surface area contributed by atoms with Gasteiger partial charge in [-0.25, -0.2) is 9.37 Å². The van der Waals surface area contributed by atoms with Gasteiger partial charge in [-0.2, -0.15) is 0 Å². The first-order chi connectivity index (χ1) is 10.7. The predicted octanol–water partition coefficient (Wildman–Crippen LogP) is 2.15. The van der Waals surface area contributed by atoms with E-state index in [4.69, 9.17) is 0 Å². The standard InChI is InChI=1S/C16H17FN4O.2ClH/c17-13-1-3-14(4-2-13)21-10-19-7-15(21)16(22)20-8-11-5-18-6-12(11)9-20;;/h1-4,7,10-12,18H,5-6,8-9H2;2*1H/t11-,12+;;. The largest absolute Gasteiger partial charge is 0.337 e. The molecule has 0 aliphatic carbocycles. The van der Waals surface area contributed by atoms with Crippen LogP contribution in [0.4, 0.5) is 4.39 Å². The maximum atomic E-state index is 13.1. The number of nitrogens with one attached hydrogen (secondary N) is 1. The molecule has 2 aliphatic rings. The monoisotopic (exact) mass is 372 g/mol. The highest BCUT2D eigenvalue weighted by molar-refractivity contribution is 5.93. The number of benzene rings is 1. The van der Waals surface area contributed by atoms with Gasteiger partial charge in [0.05, 0.1) is 12.5 Å². The summed E-state index contributed by atoms with van der Waals surface area (Å²) >= 11 is 0. The van der Waals surface area contributed by atoms with Gasteiger partial charge in [0.25, 0.3) is 5.91 Å². The highest BCUT2D eigenvalue weighted by Gasteiger charge is 2.38. The molecule has 0 radical (unpaired) electrons.